The Morgan fingerprint density at radius 3 is 2.60 bits per heavy atom. The number of pyridine rings is 1. The summed E-state index contributed by atoms with van der Waals surface area (Å²) in [6, 6.07) is 9.08. The third-order valence-corrected chi connectivity index (χ3v) is 4.16. The molecule has 2 aromatic rings. The van der Waals surface area contributed by atoms with Crippen molar-refractivity contribution in [3.05, 3.63) is 64.4 Å². The van der Waals surface area contributed by atoms with E-state index in [2.05, 4.69) is 4.98 Å². The zero-order valence-corrected chi connectivity index (χ0v) is 12.0. The minimum absolute atomic E-state index is 0.336. The maximum Gasteiger partial charge on any atom is 0.105 e. The number of aromatic nitrogens is 1. The van der Waals surface area contributed by atoms with E-state index in [0.29, 0.717) is 5.02 Å². The number of halogens is 1. The summed E-state index contributed by atoms with van der Waals surface area (Å²) in [5.74, 6) is 0. The fourth-order valence-electron chi connectivity index (χ4n) is 2.53. The molecule has 3 nitrogen and oxygen atoms in total. The number of nitrogens with zero attached hydrogens (tertiary/aromatic N) is 1. The van der Waals surface area contributed by atoms with Gasteiger partial charge in [-0.15, -0.1) is 0 Å². The predicted molar refractivity (Wildman–Crippen MR) is 77.7 cm³/mol. The van der Waals surface area contributed by atoms with Crippen molar-refractivity contribution in [1.29, 1.82) is 0 Å². The average Bonchev–Trinajstić information content (AvgIpc) is 2.45. The number of aliphatic hydroxyl groups excluding tert-OH is 1. The Hall–Kier alpha value is -1.42. The van der Waals surface area contributed by atoms with Crippen LogP contribution in [0.3, 0.4) is 0 Å². The van der Waals surface area contributed by atoms with Crippen LogP contribution < -0.4 is 0 Å². The van der Waals surface area contributed by atoms with Crippen molar-refractivity contribution in [1.82, 2.24) is 4.98 Å². The van der Waals surface area contributed by atoms with Gasteiger partial charge in [0.1, 0.15) is 6.10 Å². The van der Waals surface area contributed by atoms with E-state index in [1.165, 1.54) is 0 Å². The summed E-state index contributed by atoms with van der Waals surface area (Å²) in [6.45, 7) is 2.79. The molecule has 104 valence electrons. The van der Waals surface area contributed by atoms with Gasteiger partial charge in [0.2, 0.25) is 0 Å². The Morgan fingerprint density at radius 1 is 1.30 bits per heavy atom. The molecule has 0 radical (unpaired) electrons. The van der Waals surface area contributed by atoms with E-state index in [9.17, 15) is 5.11 Å². The van der Waals surface area contributed by atoms with E-state index in [0.717, 1.165) is 29.7 Å². The largest absolute Gasteiger partial charge is 0.384 e. The molecule has 1 aromatic heterocycles. The molecule has 3 rings (SSSR count). The van der Waals surface area contributed by atoms with Crippen molar-refractivity contribution in [2.75, 3.05) is 6.61 Å². The molecule has 0 amide bonds. The SMILES string of the molecule is CC1(c2cnccc2C(O)c2ccc(Cl)cc2)CCO1. The molecule has 0 spiro atoms. The number of ether oxygens (including phenoxy) is 1. The second-order valence-corrected chi connectivity index (χ2v) is 5.68. The Balaban J connectivity index is 1.99. The standard InChI is InChI=1S/C16H16ClNO2/c1-16(7-9-20-16)14-10-18-8-6-13(14)15(19)11-2-4-12(17)5-3-11/h2-6,8,10,15,19H,7,9H2,1H3. The molecule has 1 aliphatic heterocycles. The first-order valence-corrected chi connectivity index (χ1v) is 7.00. The van der Waals surface area contributed by atoms with Crippen LogP contribution in [0.5, 0.6) is 0 Å². The first-order valence-electron chi connectivity index (χ1n) is 6.62. The Bertz CT molecular complexity index is 608. The summed E-state index contributed by atoms with van der Waals surface area (Å²) < 4.78 is 5.68. The van der Waals surface area contributed by atoms with Gasteiger partial charge in [-0.25, -0.2) is 0 Å². The zero-order valence-electron chi connectivity index (χ0n) is 11.2. The van der Waals surface area contributed by atoms with Crippen molar-refractivity contribution in [2.45, 2.75) is 25.0 Å². The van der Waals surface area contributed by atoms with Gasteiger partial charge in [-0.1, -0.05) is 23.7 Å². The maximum atomic E-state index is 10.6. The lowest BCUT2D eigenvalue weighted by atomic mass is 9.84. The lowest BCUT2D eigenvalue weighted by molar-refractivity contribution is -0.141. The molecule has 2 atom stereocenters. The zero-order chi connectivity index (χ0) is 14.2. The van der Waals surface area contributed by atoms with Gasteiger partial charge in [-0.2, -0.15) is 0 Å². The van der Waals surface area contributed by atoms with Crippen LogP contribution >= 0.6 is 11.6 Å². The molecule has 0 saturated carbocycles. The van der Waals surface area contributed by atoms with Crippen LogP contribution in [0.2, 0.25) is 5.02 Å². The quantitative estimate of drug-likeness (QED) is 0.941. The van der Waals surface area contributed by atoms with E-state index < -0.39 is 6.10 Å². The van der Waals surface area contributed by atoms with Crippen LogP contribution in [0.25, 0.3) is 0 Å². The third-order valence-electron chi connectivity index (χ3n) is 3.90. The van der Waals surface area contributed by atoms with E-state index in [4.69, 9.17) is 16.3 Å². The molecule has 0 bridgehead atoms. The van der Waals surface area contributed by atoms with Crippen LogP contribution in [0, 0.1) is 0 Å². The second-order valence-electron chi connectivity index (χ2n) is 5.25. The Kier molecular flexibility index (Phi) is 3.50. The molecule has 20 heavy (non-hydrogen) atoms. The number of hydrogen-bond donors (Lipinski definition) is 1. The van der Waals surface area contributed by atoms with E-state index in [1.54, 1.807) is 24.5 Å². The summed E-state index contributed by atoms with van der Waals surface area (Å²) in [7, 11) is 0. The second kappa shape index (κ2) is 5.17. The van der Waals surface area contributed by atoms with Crippen LogP contribution in [-0.4, -0.2) is 16.7 Å². The van der Waals surface area contributed by atoms with Crippen molar-refractivity contribution >= 4 is 11.6 Å². The lowest BCUT2D eigenvalue weighted by Gasteiger charge is -2.40. The number of hydrogen-bond acceptors (Lipinski definition) is 3. The van der Waals surface area contributed by atoms with E-state index >= 15 is 0 Å². The number of rotatable bonds is 3. The van der Waals surface area contributed by atoms with Gasteiger partial charge in [-0.05, 0) is 36.2 Å². The molecule has 2 heterocycles. The van der Waals surface area contributed by atoms with Gasteiger partial charge in [0.05, 0.1) is 12.2 Å². The molecule has 1 fully saturated rings. The highest BCUT2D eigenvalue weighted by molar-refractivity contribution is 6.30. The minimum atomic E-state index is -0.703. The normalized spacial score (nSPS) is 23.1. The van der Waals surface area contributed by atoms with Crippen molar-refractivity contribution in [3.63, 3.8) is 0 Å². The Labute approximate surface area is 123 Å². The molecule has 0 aliphatic carbocycles. The minimum Gasteiger partial charge on any atom is -0.384 e. The first kappa shape index (κ1) is 13.6. The molecule has 2 unspecified atom stereocenters. The van der Waals surface area contributed by atoms with Gasteiger partial charge < -0.3 is 9.84 Å². The summed E-state index contributed by atoms with van der Waals surface area (Å²) >= 11 is 5.89. The Morgan fingerprint density at radius 2 is 2.00 bits per heavy atom. The van der Waals surface area contributed by atoms with Crippen LogP contribution in [0.4, 0.5) is 0 Å². The topological polar surface area (TPSA) is 42.4 Å². The van der Waals surface area contributed by atoms with E-state index in [-0.39, 0.29) is 5.60 Å². The highest BCUT2D eigenvalue weighted by atomic mass is 35.5. The average molecular weight is 290 g/mol. The van der Waals surface area contributed by atoms with Gasteiger partial charge >= 0.3 is 0 Å². The molecule has 1 N–H and O–H groups in total. The highest BCUT2D eigenvalue weighted by Crippen LogP contribution is 2.40. The van der Waals surface area contributed by atoms with Crippen LogP contribution in [0.15, 0.2) is 42.7 Å². The van der Waals surface area contributed by atoms with E-state index in [1.807, 2.05) is 25.1 Å². The van der Waals surface area contributed by atoms with Crippen LogP contribution in [0.1, 0.15) is 36.1 Å². The van der Waals surface area contributed by atoms with Gasteiger partial charge in [0.15, 0.2) is 0 Å². The fraction of sp³-hybridized carbons (Fsp3) is 0.312. The highest BCUT2D eigenvalue weighted by Gasteiger charge is 2.38. The number of benzene rings is 1. The smallest absolute Gasteiger partial charge is 0.105 e. The summed E-state index contributed by atoms with van der Waals surface area (Å²) in [5.41, 5.74) is 2.26. The van der Waals surface area contributed by atoms with Gasteiger partial charge in [0, 0.05) is 29.4 Å². The molecule has 1 saturated heterocycles. The monoisotopic (exact) mass is 289 g/mol. The van der Waals surface area contributed by atoms with Gasteiger partial charge in [-0.3, -0.25) is 4.98 Å². The molecular weight excluding hydrogens is 274 g/mol. The van der Waals surface area contributed by atoms with Crippen molar-refractivity contribution in [2.24, 2.45) is 0 Å². The molecular formula is C16H16ClNO2. The molecule has 1 aromatic carbocycles. The fourth-order valence-corrected chi connectivity index (χ4v) is 2.66. The van der Waals surface area contributed by atoms with Crippen LogP contribution in [-0.2, 0) is 10.3 Å². The van der Waals surface area contributed by atoms with Crippen molar-refractivity contribution < 1.29 is 9.84 Å². The summed E-state index contributed by atoms with van der Waals surface area (Å²) in [6.07, 6.45) is 3.72. The predicted octanol–water partition coefficient (Wildman–Crippen LogP) is 3.45. The molecule has 4 heteroatoms. The van der Waals surface area contributed by atoms with Crippen molar-refractivity contribution in [3.8, 4) is 0 Å². The number of aliphatic hydroxyl groups is 1. The summed E-state index contributed by atoms with van der Waals surface area (Å²) in [5, 5.41) is 11.3. The molecule has 1 aliphatic rings. The lowest BCUT2D eigenvalue weighted by Crippen LogP contribution is -2.39. The first-order chi connectivity index (χ1) is 9.60. The maximum absolute atomic E-state index is 10.6. The summed E-state index contributed by atoms with van der Waals surface area (Å²) in [4.78, 5) is 4.17. The van der Waals surface area contributed by atoms with Gasteiger partial charge in [0.25, 0.3) is 0 Å². The third kappa shape index (κ3) is 2.33.